The van der Waals surface area contributed by atoms with Crippen molar-refractivity contribution in [2.45, 2.75) is 44.3 Å². The number of benzene rings is 2. The van der Waals surface area contributed by atoms with Crippen molar-refractivity contribution in [3.63, 3.8) is 0 Å². The van der Waals surface area contributed by atoms with Crippen LogP contribution in [0.15, 0.2) is 67.0 Å². The molecular formula is C36H35N7O3. The first-order chi connectivity index (χ1) is 22.4. The number of pyridine rings is 2. The van der Waals surface area contributed by atoms with Crippen molar-refractivity contribution in [3.05, 3.63) is 77.8 Å². The van der Waals surface area contributed by atoms with E-state index in [2.05, 4.69) is 27.3 Å². The fourth-order valence-corrected chi connectivity index (χ4v) is 7.81. The van der Waals surface area contributed by atoms with Crippen molar-refractivity contribution in [2.75, 3.05) is 13.7 Å². The zero-order chi connectivity index (χ0) is 31.3. The predicted octanol–water partition coefficient (Wildman–Crippen LogP) is 5.02. The van der Waals surface area contributed by atoms with Crippen molar-refractivity contribution in [1.82, 2.24) is 24.0 Å². The molecule has 2 unspecified atom stereocenters. The van der Waals surface area contributed by atoms with E-state index in [0.717, 1.165) is 79.7 Å². The second kappa shape index (κ2) is 10.0. The van der Waals surface area contributed by atoms with Gasteiger partial charge in [-0.1, -0.05) is 12.1 Å². The smallest absolute Gasteiger partial charge is 0.254 e. The summed E-state index contributed by atoms with van der Waals surface area (Å²) in [4.78, 5) is 26.0. The van der Waals surface area contributed by atoms with Crippen LogP contribution in [0.4, 0.5) is 0 Å². The molecule has 2 bridgehead atoms. The van der Waals surface area contributed by atoms with Gasteiger partial charge >= 0.3 is 0 Å². The van der Waals surface area contributed by atoms with Crippen LogP contribution in [0, 0.1) is 17.0 Å². The number of hydrogen-bond donors (Lipinski definition) is 1. The molecule has 5 heterocycles. The molecule has 9 rings (SSSR count). The molecule has 0 radical (unpaired) electrons. The number of carbonyl (C=O) groups is 1. The largest absolute Gasteiger partial charge is 0.619 e. The van der Waals surface area contributed by atoms with Crippen molar-refractivity contribution in [1.29, 1.82) is 0 Å². The number of aromatic nitrogens is 5. The molecule has 4 aromatic heterocycles. The summed E-state index contributed by atoms with van der Waals surface area (Å²) in [7, 11) is 3.64. The van der Waals surface area contributed by atoms with Gasteiger partial charge in [0.05, 0.1) is 24.0 Å². The van der Waals surface area contributed by atoms with Crippen LogP contribution in [0.5, 0.6) is 5.75 Å². The van der Waals surface area contributed by atoms with E-state index in [-0.39, 0.29) is 18.0 Å². The topological polar surface area (TPSA) is 118 Å². The Morgan fingerprint density at radius 2 is 1.87 bits per heavy atom. The molecule has 6 aromatic rings. The third-order valence-corrected chi connectivity index (χ3v) is 10.5. The second-order valence-corrected chi connectivity index (χ2v) is 13.3. The Kier molecular flexibility index (Phi) is 5.96. The molecule has 10 heteroatoms. The number of amides is 1. The van der Waals surface area contributed by atoms with Crippen molar-refractivity contribution >= 4 is 38.7 Å². The van der Waals surface area contributed by atoms with Gasteiger partial charge in [-0.25, -0.2) is 9.97 Å². The molecule has 1 aliphatic heterocycles. The standard InChI is InChI=1S/C36H35N7O3/c1-40-33-28(14-25(16-31(33)46-2)36(44)43-19-24-8-10-29(43)32(24)37)39-35(40)30-15-23-7-9-27(38-34(23)42(30)17-20-3-4-20)22-6-5-21-11-12-41(45)18-26(21)13-22/h5-7,9,11-16,18,20,24,29,32H,3-4,8,10,17,19,37H2,1-2H3/t24?,29?,32-/m1/s1. The molecule has 232 valence electrons. The van der Waals surface area contributed by atoms with Crippen LogP contribution in [-0.4, -0.2) is 55.6 Å². The van der Waals surface area contributed by atoms with Crippen LogP contribution in [0.1, 0.15) is 36.0 Å². The van der Waals surface area contributed by atoms with Crippen LogP contribution in [0.2, 0.25) is 0 Å². The Labute approximate surface area is 265 Å². The molecule has 1 saturated heterocycles. The van der Waals surface area contributed by atoms with E-state index in [1.54, 1.807) is 13.3 Å². The number of imidazole rings is 1. The monoisotopic (exact) mass is 613 g/mol. The number of carbonyl (C=O) groups excluding carboxylic acids is 1. The lowest BCUT2D eigenvalue weighted by Crippen LogP contribution is -2.41. The van der Waals surface area contributed by atoms with Gasteiger partial charge < -0.3 is 29.7 Å². The highest BCUT2D eigenvalue weighted by Crippen LogP contribution is 2.40. The average Bonchev–Trinajstić information content (AvgIpc) is 3.47. The lowest BCUT2D eigenvalue weighted by atomic mass is 10.1. The first-order valence-corrected chi connectivity index (χ1v) is 16.1. The number of methoxy groups -OCH3 is 1. The van der Waals surface area contributed by atoms with E-state index in [4.69, 9.17) is 20.4 Å². The van der Waals surface area contributed by atoms with Crippen molar-refractivity contribution in [2.24, 2.45) is 24.6 Å². The SMILES string of the molecule is COc1cc(C(=O)N2CC3CCC2[C@@H]3N)cc2nc(-c3cc4ccc(-c5ccc6cc[n+]([O-])cc6c5)nc4n3CC3CC3)n(C)c12. The van der Waals surface area contributed by atoms with Gasteiger partial charge in [0, 0.05) is 60.2 Å². The maximum atomic E-state index is 13.7. The summed E-state index contributed by atoms with van der Waals surface area (Å²) in [5.41, 5.74) is 12.3. The lowest BCUT2D eigenvalue weighted by Gasteiger charge is -2.27. The number of nitrogens with two attached hydrogens (primary N) is 1. The van der Waals surface area contributed by atoms with Gasteiger partial charge in [0.25, 0.3) is 5.91 Å². The zero-order valence-corrected chi connectivity index (χ0v) is 25.9. The van der Waals surface area contributed by atoms with E-state index < -0.39 is 0 Å². The number of aryl methyl sites for hydroxylation is 1. The van der Waals surface area contributed by atoms with Crippen LogP contribution >= 0.6 is 0 Å². The molecule has 3 aliphatic rings. The van der Waals surface area contributed by atoms with E-state index >= 15 is 0 Å². The lowest BCUT2D eigenvalue weighted by molar-refractivity contribution is -0.603. The molecular weight excluding hydrogens is 578 g/mol. The Morgan fingerprint density at radius 3 is 2.63 bits per heavy atom. The third-order valence-electron chi connectivity index (χ3n) is 10.5. The number of likely N-dealkylation sites (tertiary alicyclic amines) is 1. The van der Waals surface area contributed by atoms with Crippen molar-refractivity contribution < 1.29 is 14.3 Å². The third kappa shape index (κ3) is 4.20. The Balaban J connectivity index is 1.15. The zero-order valence-electron chi connectivity index (χ0n) is 25.9. The van der Waals surface area contributed by atoms with E-state index in [1.165, 1.54) is 19.0 Å². The highest BCUT2D eigenvalue weighted by Gasteiger charge is 2.47. The minimum Gasteiger partial charge on any atom is -0.619 e. The molecule has 1 amide bonds. The van der Waals surface area contributed by atoms with Gasteiger partial charge in [0.15, 0.2) is 18.2 Å². The summed E-state index contributed by atoms with van der Waals surface area (Å²) in [6, 6.07) is 18.1. The molecule has 2 N–H and O–H groups in total. The molecule has 10 nitrogen and oxygen atoms in total. The van der Waals surface area contributed by atoms with Gasteiger partial charge in [-0.3, -0.25) is 4.79 Å². The first kappa shape index (κ1) is 27.4. The molecule has 2 aromatic carbocycles. The number of fused-ring (bicyclic) bond motifs is 5. The van der Waals surface area contributed by atoms with Gasteiger partial charge in [-0.05, 0) is 79.3 Å². The summed E-state index contributed by atoms with van der Waals surface area (Å²) in [5.74, 6) is 2.40. The minimum absolute atomic E-state index is 0.00612. The van der Waals surface area contributed by atoms with Gasteiger partial charge in [-0.15, -0.1) is 0 Å². The number of ether oxygens (including phenoxy) is 1. The van der Waals surface area contributed by atoms with Gasteiger partial charge in [-0.2, -0.15) is 4.73 Å². The van der Waals surface area contributed by atoms with E-state index in [9.17, 15) is 10.0 Å². The van der Waals surface area contributed by atoms with Crippen LogP contribution in [0.3, 0.4) is 0 Å². The first-order valence-electron chi connectivity index (χ1n) is 16.1. The normalized spacial score (nSPS) is 20.8. The fraction of sp³-hybridized carbons (Fsp3) is 0.333. The summed E-state index contributed by atoms with van der Waals surface area (Å²) in [6.45, 7) is 1.57. The van der Waals surface area contributed by atoms with Crippen molar-refractivity contribution in [3.8, 4) is 28.5 Å². The maximum absolute atomic E-state index is 13.7. The maximum Gasteiger partial charge on any atom is 0.254 e. The summed E-state index contributed by atoms with van der Waals surface area (Å²) in [6.07, 6.45) is 7.56. The number of rotatable bonds is 6. The number of piperidine rings is 1. The van der Waals surface area contributed by atoms with Gasteiger partial charge in [0.1, 0.15) is 16.9 Å². The predicted molar refractivity (Wildman–Crippen MR) is 176 cm³/mol. The summed E-state index contributed by atoms with van der Waals surface area (Å²) < 4.78 is 11.1. The molecule has 3 fully saturated rings. The molecule has 0 spiro atoms. The second-order valence-electron chi connectivity index (χ2n) is 13.3. The van der Waals surface area contributed by atoms with E-state index in [1.807, 2.05) is 48.3 Å². The molecule has 2 aliphatic carbocycles. The Morgan fingerprint density at radius 1 is 1.02 bits per heavy atom. The number of nitrogens with zero attached hydrogens (tertiary/aromatic N) is 6. The Hall–Kier alpha value is -4.96. The number of hydrogen-bond acceptors (Lipinski definition) is 6. The quantitative estimate of drug-likeness (QED) is 0.208. The fourth-order valence-electron chi connectivity index (χ4n) is 7.81. The van der Waals surface area contributed by atoms with Crippen LogP contribution < -0.4 is 15.2 Å². The molecule has 2 saturated carbocycles. The summed E-state index contributed by atoms with van der Waals surface area (Å²) >= 11 is 0. The molecule has 46 heavy (non-hydrogen) atoms. The Bertz CT molecular complexity index is 2210. The molecule has 3 atom stereocenters. The van der Waals surface area contributed by atoms with Gasteiger partial charge in [0.2, 0.25) is 0 Å². The minimum atomic E-state index is -0.00612. The van der Waals surface area contributed by atoms with Crippen LogP contribution in [-0.2, 0) is 13.6 Å². The highest BCUT2D eigenvalue weighted by molar-refractivity contribution is 6.00. The highest BCUT2D eigenvalue weighted by atomic mass is 16.5. The van der Waals surface area contributed by atoms with Crippen LogP contribution in [0.25, 0.3) is 55.6 Å². The average molecular weight is 614 g/mol. The summed E-state index contributed by atoms with van der Waals surface area (Å²) in [5, 5.41) is 14.9. The van der Waals surface area contributed by atoms with E-state index in [0.29, 0.717) is 29.7 Å².